The van der Waals surface area contributed by atoms with E-state index in [-0.39, 0.29) is 23.4 Å². The number of carbonyl (C=O) groups excluding carboxylic acids is 2. The Labute approximate surface area is 173 Å². The molecule has 1 saturated heterocycles. The first-order valence-corrected chi connectivity index (χ1v) is 9.99. The van der Waals surface area contributed by atoms with Crippen molar-refractivity contribution >= 4 is 28.4 Å². The Morgan fingerprint density at radius 1 is 1.10 bits per heavy atom. The van der Waals surface area contributed by atoms with Gasteiger partial charge >= 0.3 is 0 Å². The normalized spacial score (nSPS) is 16.4. The fraction of sp³-hybridized carbons (Fsp3) is 0.304. The van der Waals surface area contributed by atoms with Gasteiger partial charge in [0.25, 0.3) is 5.91 Å². The van der Waals surface area contributed by atoms with Crippen molar-refractivity contribution in [2.75, 3.05) is 18.4 Å². The molecule has 5 nitrogen and oxygen atoms in total. The van der Waals surface area contributed by atoms with Crippen molar-refractivity contribution in [1.82, 2.24) is 9.88 Å². The molecule has 1 aliphatic heterocycles. The molecule has 30 heavy (non-hydrogen) atoms. The maximum atomic E-state index is 13.3. The van der Waals surface area contributed by atoms with E-state index in [9.17, 15) is 18.4 Å². The molecule has 0 saturated carbocycles. The summed E-state index contributed by atoms with van der Waals surface area (Å²) < 4.78 is 26.7. The highest BCUT2D eigenvalue weighted by molar-refractivity contribution is 6.06. The highest BCUT2D eigenvalue weighted by Gasteiger charge is 2.28. The monoisotopic (exact) mass is 411 g/mol. The first-order valence-electron chi connectivity index (χ1n) is 9.99. The molecule has 0 radical (unpaired) electrons. The van der Waals surface area contributed by atoms with Gasteiger partial charge in [-0.1, -0.05) is 19.9 Å². The van der Waals surface area contributed by atoms with Crippen LogP contribution in [-0.4, -0.2) is 34.8 Å². The molecule has 1 aliphatic rings. The highest BCUT2D eigenvalue weighted by atomic mass is 19.1. The standard InChI is InChI=1S/C23H23F2N3O2/c1-13(2)23(30)28-6-5-15(12-28)14-3-4-20-16(7-14)8-21(27-20)22(29)26-19-10-17(24)9-18(25)11-19/h3-4,7-11,13,15,27H,5-6,12H2,1-2H3,(H,26,29). The lowest BCUT2D eigenvalue weighted by molar-refractivity contribution is -0.133. The molecular weight excluding hydrogens is 388 g/mol. The van der Waals surface area contributed by atoms with Crippen molar-refractivity contribution in [2.24, 2.45) is 5.92 Å². The quantitative estimate of drug-likeness (QED) is 0.655. The second kappa shape index (κ2) is 7.89. The molecule has 7 heteroatoms. The van der Waals surface area contributed by atoms with Crippen LogP contribution < -0.4 is 5.32 Å². The van der Waals surface area contributed by atoms with E-state index in [1.807, 2.05) is 36.9 Å². The van der Waals surface area contributed by atoms with Crippen molar-refractivity contribution in [3.05, 3.63) is 65.4 Å². The van der Waals surface area contributed by atoms with Gasteiger partial charge in [-0.3, -0.25) is 9.59 Å². The Morgan fingerprint density at radius 2 is 1.83 bits per heavy atom. The number of likely N-dealkylation sites (tertiary alicyclic amines) is 1. The number of nitrogens with one attached hydrogen (secondary N) is 2. The fourth-order valence-corrected chi connectivity index (χ4v) is 3.95. The maximum Gasteiger partial charge on any atom is 0.272 e. The first kappa shape index (κ1) is 20.1. The molecule has 156 valence electrons. The molecule has 0 spiro atoms. The molecule has 2 heterocycles. The number of carbonyl (C=O) groups is 2. The van der Waals surface area contributed by atoms with Gasteiger partial charge in [0.1, 0.15) is 17.3 Å². The topological polar surface area (TPSA) is 65.2 Å². The molecule has 0 bridgehead atoms. The van der Waals surface area contributed by atoms with Crippen LogP contribution in [0.5, 0.6) is 0 Å². The number of benzene rings is 2. The minimum Gasteiger partial charge on any atom is -0.351 e. The molecule has 2 aromatic carbocycles. The van der Waals surface area contributed by atoms with E-state index in [2.05, 4.69) is 10.3 Å². The lowest BCUT2D eigenvalue weighted by Gasteiger charge is -2.18. The van der Waals surface area contributed by atoms with Crippen LogP contribution >= 0.6 is 0 Å². The van der Waals surface area contributed by atoms with Crippen molar-refractivity contribution in [2.45, 2.75) is 26.2 Å². The lowest BCUT2D eigenvalue weighted by Crippen LogP contribution is -2.31. The Kier molecular flexibility index (Phi) is 5.28. The number of aromatic amines is 1. The Balaban J connectivity index is 1.51. The van der Waals surface area contributed by atoms with Gasteiger partial charge in [0.2, 0.25) is 5.91 Å². The van der Waals surface area contributed by atoms with Gasteiger partial charge in [0.05, 0.1) is 0 Å². The molecule has 1 unspecified atom stereocenters. The lowest BCUT2D eigenvalue weighted by atomic mass is 9.97. The zero-order valence-electron chi connectivity index (χ0n) is 16.8. The fourth-order valence-electron chi connectivity index (χ4n) is 3.95. The summed E-state index contributed by atoms with van der Waals surface area (Å²) in [7, 11) is 0. The third kappa shape index (κ3) is 4.06. The average Bonchev–Trinajstić information content (AvgIpc) is 3.33. The molecule has 0 aliphatic carbocycles. The van der Waals surface area contributed by atoms with Gasteiger partial charge in [-0.15, -0.1) is 0 Å². The van der Waals surface area contributed by atoms with Crippen LogP contribution in [0.3, 0.4) is 0 Å². The van der Waals surface area contributed by atoms with E-state index in [0.717, 1.165) is 47.6 Å². The summed E-state index contributed by atoms with van der Waals surface area (Å²) in [4.78, 5) is 29.7. The molecule has 1 atom stereocenters. The highest BCUT2D eigenvalue weighted by Crippen LogP contribution is 2.30. The number of hydrogen-bond donors (Lipinski definition) is 2. The minimum absolute atomic E-state index is 0.0106. The summed E-state index contributed by atoms with van der Waals surface area (Å²) in [5.74, 6) is -1.57. The number of fused-ring (bicyclic) bond motifs is 1. The summed E-state index contributed by atoms with van der Waals surface area (Å²) in [5.41, 5.74) is 2.27. The summed E-state index contributed by atoms with van der Waals surface area (Å²) in [6.07, 6.45) is 0.910. The number of aromatic nitrogens is 1. The van der Waals surface area contributed by atoms with Crippen LogP contribution in [0.4, 0.5) is 14.5 Å². The predicted octanol–water partition coefficient (Wildman–Crippen LogP) is 4.67. The van der Waals surface area contributed by atoms with Crippen LogP contribution in [0.25, 0.3) is 10.9 Å². The van der Waals surface area contributed by atoms with Crippen molar-refractivity contribution in [3.8, 4) is 0 Å². The summed E-state index contributed by atoms with van der Waals surface area (Å²) in [6, 6.07) is 10.5. The third-order valence-corrected chi connectivity index (χ3v) is 5.48. The van der Waals surface area contributed by atoms with Gasteiger partial charge in [-0.2, -0.15) is 0 Å². The zero-order valence-corrected chi connectivity index (χ0v) is 16.8. The third-order valence-electron chi connectivity index (χ3n) is 5.48. The number of nitrogens with zero attached hydrogens (tertiary/aromatic N) is 1. The molecule has 1 aromatic heterocycles. The van der Waals surface area contributed by atoms with E-state index >= 15 is 0 Å². The van der Waals surface area contributed by atoms with Crippen LogP contribution in [0.2, 0.25) is 0 Å². The van der Waals surface area contributed by atoms with Gasteiger partial charge in [-0.05, 0) is 42.3 Å². The second-order valence-electron chi connectivity index (χ2n) is 8.07. The van der Waals surface area contributed by atoms with Crippen LogP contribution in [0.15, 0.2) is 42.5 Å². The van der Waals surface area contributed by atoms with Crippen molar-refractivity contribution in [1.29, 1.82) is 0 Å². The van der Waals surface area contributed by atoms with Crippen molar-refractivity contribution in [3.63, 3.8) is 0 Å². The number of H-pyrrole nitrogens is 1. The van der Waals surface area contributed by atoms with Gasteiger partial charge < -0.3 is 15.2 Å². The van der Waals surface area contributed by atoms with E-state index in [0.29, 0.717) is 12.2 Å². The molecule has 2 N–H and O–H groups in total. The van der Waals surface area contributed by atoms with Crippen molar-refractivity contribution < 1.29 is 18.4 Å². The van der Waals surface area contributed by atoms with Crippen LogP contribution in [0, 0.1) is 17.6 Å². The van der Waals surface area contributed by atoms with E-state index in [4.69, 9.17) is 0 Å². The SMILES string of the molecule is CC(C)C(=O)N1CCC(c2ccc3[nH]c(C(=O)Nc4cc(F)cc(F)c4)cc3c2)C1. The number of anilines is 1. The van der Waals surface area contributed by atoms with Gasteiger partial charge in [-0.25, -0.2) is 8.78 Å². The molecule has 3 aromatic rings. The Morgan fingerprint density at radius 3 is 2.53 bits per heavy atom. The Bertz CT molecular complexity index is 1100. The van der Waals surface area contributed by atoms with Gasteiger partial charge in [0.15, 0.2) is 0 Å². The smallest absolute Gasteiger partial charge is 0.272 e. The van der Waals surface area contributed by atoms with Crippen LogP contribution in [-0.2, 0) is 4.79 Å². The summed E-state index contributed by atoms with van der Waals surface area (Å²) in [6.45, 7) is 5.27. The van der Waals surface area contributed by atoms with Gasteiger partial charge in [0, 0.05) is 47.6 Å². The summed E-state index contributed by atoms with van der Waals surface area (Å²) in [5, 5.41) is 3.38. The summed E-state index contributed by atoms with van der Waals surface area (Å²) >= 11 is 0. The van der Waals surface area contributed by atoms with E-state index in [1.165, 1.54) is 0 Å². The predicted molar refractivity (Wildman–Crippen MR) is 111 cm³/mol. The largest absolute Gasteiger partial charge is 0.351 e. The van der Waals surface area contributed by atoms with Crippen LogP contribution in [0.1, 0.15) is 42.2 Å². The number of hydrogen-bond acceptors (Lipinski definition) is 2. The maximum absolute atomic E-state index is 13.3. The molecule has 4 rings (SSSR count). The zero-order chi connectivity index (χ0) is 21.4. The number of amides is 2. The minimum atomic E-state index is -0.756. The first-order chi connectivity index (χ1) is 14.3. The van der Waals surface area contributed by atoms with E-state index in [1.54, 1.807) is 6.07 Å². The molecular formula is C23H23F2N3O2. The average molecular weight is 411 g/mol. The molecule has 2 amide bonds. The number of rotatable bonds is 4. The number of halogens is 2. The Hall–Kier alpha value is -3.22. The molecule has 1 fully saturated rings. The second-order valence-corrected chi connectivity index (χ2v) is 8.07. The van der Waals surface area contributed by atoms with E-state index < -0.39 is 17.5 Å².